The molecule has 2 N–H and O–H groups in total. The molecule has 0 amide bonds. The minimum absolute atomic E-state index is 0.0161. The molecular weight excluding hydrogens is 246 g/mol. The summed E-state index contributed by atoms with van der Waals surface area (Å²) in [5.74, 6) is 1.18. The predicted octanol–water partition coefficient (Wildman–Crippen LogP) is -0.238. The highest BCUT2D eigenvalue weighted by Gasteiger charge is 2.10. The molecule has 7 heteroatoms. The second-order valence-corrected chi connectivity index (χ2v) is 4.07. The number of aromatic nitrogens is 4. The number of imidazole rings is 1. The van der Waals surface area contributed by atoms with Crippen LogP contribution in [-0.4, -0.2) is 56.0 Å². The first kappa shape index (κ1) is 13.4. The Morgan fingerprint density at radius 3 is 2.53 bits per heavy atom. The Morgan fingerprint density at radius 2 is 1.95 bits per heavy atom. The third-order valence-electron chi connectivity index (χ3n) is 2.63. The van der Waals surface area contributed by atoms with Crippen molar-refractivity contribution in [2.24, 2.45) is 0 Å². The number of anilines is 1. The van der Waals surface area contributed by atoms with E-state index in [4.69, 9.17) is 10.2 Å². The highest BCUT2D eigenvalue weighted by Crippen LogP contribution is 2.11. The molecule has 0 unspecified atom stereocenters. The summed E-state index contributed by atoms with van der Waals surface area (Å²) in [7, 11) is 0. The molecule has 2 aromatic rings. The maximum Gasteiger partial charge on any atom is 0.227 e. The van der Waals surface area contributed by atoms with E-state index in [1.165, 1.54) is 0 Å². The van der Waals surface area contributed by atoms with Crippen LogP contribution in [0.3, 0.4) is 0 Å². The molecule has 0 radical (unpaired) electrons. The second kappa shape index (κ2) is 6.26. The zero-order chi connectivity index (χ0) is 13.7. The van der Waals surface area contributed by atoms with Crippen molar-refractivity contribution in [3.63, 3.8) is 0 Å². The lowest BCUT2D eigenvalue weighted by Crippen LogP contribution is -2.31. The molecule has 0 fully saturated rings. The minimum Gasteiger partial charge on any atom is -0.395 e. The molecule has 0 aliphatic heterocycles. The van der Waals surface area contributed by atoms with Crippen LogP contribution in [0.15, 0.2) is 24.8 Å². The van der Waals surface area contributed by atoms with Gasteiger partial charge in [-0.15, -0.1) is 0 Å². The van der Waals surface area contributed by atoms with E-state index >= 15 is 0 Å². The zero-order valence-electron chi connectivity index (χ0n) is 10.8. The van der Waals surface area contributed by atoms with Gasteiger partial charge in [-0.25, -0.2) is 9.97 Å². The topological polar surface area (TPSA) is 87.3 Å². The Labute approximate surface area is 111 Å². The first-order chi connectivity index (χ1) is 9.24. The summed E-state index contributed by atoms with van der Waals surface area (Å²) < 4.78 is 1.80. The van der Waals surface area contributed by atoms with Crippen LogP contribution in [0.2, 0.25) is 0 Å². The number of aryl methyl sites for hydroxylation is 1. The van der Waals surface area contributed by atoms with E-state index in [-0.39, 0.29) is 13.2 Å². The fourth-order valence-electron chi connectivity index (χ4n) is 1.74. The SMILES string of the molecule is Cc1cn(-c2ccnc(N(CCO)CCO)n2)cn1. The van der Waals surface area contributed by atoms with Crippen molar-refractivity contribution in [1.82, 2.24) is 19.5 Å². The van der Waals surface area contributed by atoms with Crippen molar-refractivity contribution in [1.29, 1.82) is 0 Å². The van der Waals surface area contributed by atoms with E-state index in [2.05, 4.69) is 15.0 Å². The summed E-state index contributed by atoms with van der Waals surface area (Å²) in [4.78, 5) is 14.5. The summed E-state index contributed by atoms with van der Waals surface area (Å²) in [6, 6.07) is 1.78. The normalized spacial score (nSPS) is 10.7. The van der Waals surface area contributed by atoms with Crippen molar-refractivity contribution < 1.29 is 10.2 Å². The van der Waals surface area contributed by atoms with Crippen LogP contribution in [0.5, 0.6) is 0 Å². The van der Waals surface area contributed by atoms with Crippen LogP contribution >= 0.6 is 0 Å². The Balaban J connectivity index is 2.27. The van der Waals surface area contributed by atoms with E-state index in [0.717, 1.165) is 5.69 Å². The lowest BCUT2D eigenvalue weighted by molar-refractivity contribution is 0.280. The molecule has 0 aromatic carbocycles. The Bertz CT molecular complexity index is 522. The van der Waals surface area contributed by atoms with E-state index in [9.17, 15) is 0 Å². The first-order valence-electron chi connectivity index (χ1n) is 6.05. The molecule has 2 aromatic heterocycles. The van der Waals surface area contributed by atoms with Gasteiger partial charge in [0.25, 0.3) is 0 Å². The molecule has 0 bridgehead atoms. The highest BCUT2D eigenvalue weighted by molar-refractivity contribution is 5.35. The first-order valence-corrected chi connectivity index (χ1v) is 6.05. The molecule has 19 heavy (non-hydrogen) atoms. The molecule has 102 valence electrons. The molecule has 2 heterocycles. The third kappa shape index (κ3) is 3.27. The van der Waals surface area contributed by atoms with Crippen molar-refractivity contribution in [2.75, 3.05) is 31.2 Å². The largest absolute Gasteiger partial charge is 0.395 e. The maximum atomic E-state index is 9.02. The predicted molar refractivity (Wildman–Crippen MR) is 70.3 cm³/mol. The fraction of sp³-hybridized carbons (Fsp3) is 0.417. The van der Waals surface area contributed by atoms with Gasteiger partial charge in [0.1, 0.15) is 12.1 Å². The highest BCUT2D eigenvalue weighted by atomic mass is 16.3. The number of nitrogens with zero attached hydrogens (tertiary/aromatic N) is 5. The van der Waals surface area contributed by atoms with Crippen LogP contribution in [0.25, 0.3) is 5.82 Å². The van der Waals surface area contributed by atoms with Crippen molar-refractivity contribution in [3.05, 3.63) is 30.5 Å². The minimum atomic E-state index is -0.0161. The number of hydrogen-bond acceptors (Lipinski definition) is 6. The molecule has 0 aliphatic carbocycles. The third-order valence-corrected chi connectivity index (χ3v) is 2.63. The van der Waals surface area contributed by atoms with Gasteiger partial charge in [0.05, 0.1) is 18.9 Å². The zero-order valence-corrected chi connectivity index (χ0v) is 10.8. The van der Waals surface area contributed by atoms with Gasteiger partial charge in [-0.3, -0.25) is 4.57 Å². The summed E-state index contributed by atoms with van der Waals surface area (Å²) >= 11 is 0. The molecule has 7 nitrogen and oxygen atoms in total. The van der Waals surface area contributed by atoms with Gasteiger partial charge in [-0.1, -0.05) is 0 Å². The standard InChI is InChI=1S/C12H17N5O2/c1-10-8-17(9-14-10)11-2-3-13-12(15-11)16(4-6-18)5-7-19/h2-3,8-9,18-19H,4-7H2,1H3. The average molecular weight is 263 g/mol. The van der Waals surface area contributed by atoms with Gasteiger partial charge in [-0.05, 0) is 13.0 Å². The Hall–Kier alpha value is -1.99. The summed E-state index contributed by atoms with van der Waals surface area (Å²) in [6.07, 6.45) is 5.20. The molecule has 0 aliphatic rings. The monoisotopic (exact) mass is 263 g/mol. The van der Waals surface area contributed by atoms with Gasteiger partial charge < -0.3 is 15.1 Å². The fourth-order valence-corrected chi connectivity index (χ4v) is 1.74. The molecule has 0 atom stereocenters. The molecule has 0 saturated heterocycles. The van der Waals surface area contributed by atoms with E-state index in [0.29, 0.717) is 24.9 Å². The molecule has 0 saturated carbocycles. The Kier molecular flexibility index (Phi) is 4.43. The lowest BCUT2D eigenvalue weighted by atomic mass is 10.5. The van der Waals surface area contributed by atoms with Crippen LogP contribution in [0.1, 0.15) is 5.69 Å². The summed E-state index contributed by atoms with van der Waals surface area (Å²) in [5.41, 5.74) is 0.905. The number of hydrogen-bond donors (Lipinski definition) is 2. The maximum absolute atomic E-state index is 9.02. The smallest absolute Gasteiger partial charge is 0.227 e. The second-order valence-electron chi connectivity index (χ2n) is 4.07. The van der Waals surface area contributed by atoms with Gasteiger partial charge in [0.15, 0.2) is 0 Å². The molecular formula is C12H17N5O2. The van der Waals surface area contributed by atoms with Gasteiger partial charge >= 0.3 is 0 Å². The van der Waals surface area contributed by atoms with Crippen molar-refractivity contribution >= 4 is 5.95 Å². The van der Waals surface area contributed by atoms with Crippen molar-refractivity contribution in [3.8, 4) is 5.82 Å². The van der Waals surface area contributed by atoms with E-state index in [1.54, 1.807) is 28.1 Å². The quantitative estimate of drug-likeness (QED) is 0.748. The lowest BCUT2D eigenvalue weighted by Gasteiger charge is -2.20. The number of aliphatic hydroxyl groups is 2. The van der Waals surface area contributed by atoms with E-state index < -0.39 is 0 Å². The van der Waals surface area contributed by atoms with Crippen LogP contribution in [0, 0.1) is 6.92 Å². The van der Waals surface area contributed by atoms with Crippen LogP contribution in [-0.2, 0) is 0 Å². The van der Waals surface area contributed by atoms with Gasteiger partial charge in [0.2, 0.25) is 5.95 Å². The average Bonchev–Trinajstić information content (AvgIpc) is 2.85. The van der Waals surface area contributed by atoms with Gasteiger partial charge in [0, 0.05) is 25.5 Å². The van der Waals surface area contributed by atoms with Crippen LogP contribution in [0.4, 0.5) is 5.95 Å². The van der Waals surface area contributed by atoms with Gasteiger partial charge in [-0.2, -0.15) is 4.98 Å². The molecule has 2 rings (SSSR count). The number of aliphatic hydroxyl groups excluding tert-OH is 2. The van der Waals surface area contributed by atoms with E-state index in [1.807, 2.05) is 13.1 Å². The van der Waals surface area contributed by atoms with Crippen molar-refractivity contribution in [2.45, 2.75) is 6.92 Å². The van der Waals surface area contributed by atoms with Crippen LogP contribution < -0.4 is 4.90 Å². The molecule has 0 spiro atoms. The number of rotatable bonds is 6. The Morgan fingerprint density at radius 1 is 1.21 bits per heavy atom. The summed E-state index contributed by atoms with van der Waals surface area (Å²) in [6.45, 7) is 2.64. The summed E-state index contributed by atoms with van der Waals surface area (Å²) in [5, 5.41) is 18.0.